The van der Waals surface area contributed by atoms with E-state index in [2.05, 4.69) is 16.2 Å². The molecule has 2 unspecified atom stereocenters. The van der Waals surface area contributed by atoms with Crippen LogP contribution >= 0.6 is 11.6 Å². The first-order chi connectivity index (χ1) is 12.2. The Morgan fingerprint density at radius 2 is 2.08 bits per heavy atom. The van der Waals surface area contributed by atoms with Crippen LogP contribution in [-0.2, 0) is 11.3 Å². The molecule has 5 nitrogen and oxygen atoms in total. The minimum absolute atomic E-state index is 0.0105. The quantitative estimate of drug-likeness (QED) is 0.742. The van der Waals surface area contributed by atoms with Gasteiger partial charge in [-0.3, -0.25) is 10.2 Å². The minimum Gasteiger partial charge on any atom is -0.494 e. The molecule has 0 saturated carbocycles. The molecule has 1 fully saturated rings. The van der Waals surface area contributed by atoms with Crippen LogP contribution in [-0.4, -0.2) is 19.1 Å². The average Bonchev–Trinajstić information content (AvgIpc) is 3.11. The van der Waals surface area contributed by atoms with E-state index < -0.39 is 0 Å². The van der Waals surface area contributed by atoms with Crippen LogP contribution in [0.25, 0.3) is 0 Å². The minimum atomic E-state index is -0.193. The molecule has 6 heteroatoms. The lowest BCUT2D eigenvalue weighted by Crippen LogP contribution is -2.34. The third-order valence-electron chi connectivity index (χ3n) is 4.23. The molecule has 3 N–H and O–H groups in total. The molecule has 1 heterocycles. The van der Waals surface area contributed by atoms with Gasteiger partial charge in [0.1, 0.15) is 5.75 Å². The molecule has 0 radical (unpaired) electrons. The number of halogens is 1. The van der Waals surface area contributed by atoms with E-state index in [0.29, 0.717) is 24.7 Å². The van der Waals surface area contributed by atoms with Crippen LogP contribution in [0.15, 0.2) is 48.5 Å². The monoisotopic (exact) mass is 359 g/mol. The van der Waals surface area contributed by atoms with Crippen molar-refractivity contribution in [1.82, 2.24) is 16.2 Å². The average molecular weight is 360 g/mol. The number of hydrogen-bond acceptors (Lipinski definition) is 4. The summed E-state index contributed by atoms with van der Waals surface area (Å²) >= 11 is 6.07. The molecular weight excluding hydrogens is 338 g/mol. The van der Waals surface area contributed by atoms with Crippen LogP contribution < -0.4 is 20.9 Å². The Hall–Kier alpha value is -2.08. The van der Waals surface area contributed by atoms with Gasteiger partial charge in [0.15, 0.2) is 0 Å². The van der Waals surface area contributed by atoms with Crippen molar-refractivity contribution in [3.05, 3.63) is 64.7 Å². The second kappa shape index (κ2) is 8.34. The number of amides is 1. The molecule has 1 amide bonds. The molecule has 2 aromatic carbocycles. The van der Waals surface area contributed by atoms with Crippen molar-refractivity contribution in [1.29, 1.82) is 0 Å². The highest BCUT2D eigenvalue weighted by molar-refractivity contribution is 6.30. The van der Waals surface area contributed by atoms with Gasteiger partial charge in [-0.25, -0.2) is 5.43 Å². The highest BCUT2D eigenvalue weighted by Gasteiger charge is 2.33. The first kappa shape index (κ1) is 17.7. The molecule has 1 aliphatic heterocycles. The zero-order valence-electron chi connectivity index (χ0n) is 14.1. The second-order valence-corrected chi connectivity index (χ2v) is 6.40. The SMILES string of the molecule is CCOc1ccc(CNC(=O)C2CNNC2c2cccc(Cl)c2)cc1. The molecule has 0 spiro atoms. The predicted molar refractivity (Wildman–Crippen MR) is 98.3 cm³/mol. The van der Waals surface area contributed by atoms with E-state index in [-0.39, 0.29) is 17.9 Å². The molecule has 1 saturated heterocycles. The number of benzene rings is 2. The van der Waals surface area contributed by atoms with Crippen molar-refractivity contribution in [3.8, 4) is 5.75 Å². The Kier molecular flexibility index (Phi) is 5.91. The number of hydrogen-bond donors (Lipinski definition) is 3. The van der Waals surface area contributed by atoms with E-state index in [4.69, 9.17) is 16.3 Å². The summed E-state index contributed by atoms with van der Waals surface area (Å²) in [5.74, 6) is 0.653. The maximum absolute atomic E-state index is 12.6. The van der Waals surface area contributed by atoms with E-state index in [1.54, 1.807) is 0 Å². The number of carbonyl (C=O) groups excluding carboxylic acids is 1. The topological polar surface area (TPSA) is 62.4 Å². The van der Waals surface area contributed by atoms with Gasteiger partial charge >= 0.3 is 0 Å². The van der Waals surface area contributed by atoms with Crippen molar-refractivity contribution in [2.45, 2.75) is 19.5 Å². The zero-order chi connectivity index (χ0) is 17.6. The number of hydrazine groups is 1. The van der Waals surface area contributed by atoms with Gasteiger partial charge < -0.3 is 10.1 Å². The van der Waals surface area contributed by atoms with Gasteiger partial charge in [0, 0.05) is 18.1 Å². The lowest BCUT2D eigenvalue weighted by atomic mass is 9.94. The lowest BCUT2D eigenvalue weighted by Gasteiger charge is -2.18. The Morgan fingerprint density at radius 1 is 1.28 bits per heavy atom. The van der Waals surface area contributed by atoms with Gasteiger partial charge in [0.2, 0.25) is 5.91 Å². The van der Waals surface area contributed by atoms with E-state index in [1.807, 2.05) is 55.5 Å². The maximum Gasteiger partial charge on any atom is 0.226 e. The number of carbonyl (C=O) groups is 1. The zero-order valence-corrected chi connectivity index (χ0v) is 14.8. The Balaban J connectivity index is 1.60. The van der Waals surface area contributed by atoms with Crippen LogP contribution in [0, 0.1) is 5.92 Å². The summed E-state index contributed by atoms with van der Waals surface area (Å²) in [6.07, 6.45) is 0. The second-order valence-electron chi connectivity index (χ2n) is 5.96. The molecule has 2 atom stereocenters. The summed E-state index contributed by atoms with van der Waals surface area (Å²) in [7, 11) is 0. The van der Waals surface area contributed by atoms with E-state index in [0.717, 1.165) is 16.9 Å². The molecule has 1 aliphatic rings. The number of nitrogens with one attached hydrogen (secondary N) is 3. The van der Waals surface area contributed by atoms with Crippen LogP contribution in [0.5, 0.6) is 5.75 Å². The van der Waals surface area contributed by atoms with Gasteiger partial charge in [0.05, 0.1) is 18.6 Å². The Bertz CT molecular complexity index is 721. The third-order valence-corrected chi connectivity index (χ3v) is 4.46. The van der Waals surface area contributed by atoms with Gasteiger partial charge in [0.25, 0.3) is 0 Å². The summed E-state index contributed by atoms with van der Waals surface area (Å²) in [4.78, 5) is 12.6. The predicted octanol–water partition coefficient (Wildman–Crippen LogP) is 2.82. The highest BCUT2D eigenvalue weighted by Crippen LogP contribution is 2.27. The van der Waals surface area contributed by atoms with Gasteiger partial charge in [-0.2, -0.15) is 0 Å². The fourth-order valence-electron chi connectivity index (χ4n) is 2.95. The molecule has 25 heavy (non-hydrogen) atoms. The fraction of sp³-hybridized carbons (Fsp3) is 0.316. The van der Waals surface area contributed by atoms with Crippen molar-refractivity contribution < 1.29 is 9.53 Å². The number of ether oxygens (including phenoxy) is 1. The third kappa shape index (κ3) is 4.51. The van der Waals surface area contributed by atoms with Crippen LogP contribution in [0.1, 0.15) is 24.1 Å². The molecule has 132 valence electrons. The van der Waals surface area contributed by atoms with Crippen LogP contribution in [0.4, 0.5) is 0 Å². The van der Waals surface area contributed by atoms with Gasteiger partial charge in [-0.05, 0) is 42.3 Å². The van der Waals surface area contributed by atoms with E-state index in [1.165, 1.54) is 0 Å². The molecular formula is C19H22ClN3O2. The van der Waals surface area contributed by atoms with Crippen LogP contribution in [0.3, 0.4) is 0 Å². The van der Waals surface area contributed by atoms with Crippen molar-refractivity contribution in [2.75, 3.05) is 13.2 Å². The molecule has 0 aromatic heterocycles. The molecule has 0 bridgehead atoms. The smallest absolute Gasteiger partial charge is 0.226 e. The molecule has 2 aromatic rings. The highest BCUT2D eigenvalue weighted by atomic mass is 35.5. The van der Waals surface area contributed by atoms with Gasteiger partial charge in [-0.15, -0.1) is 0 Å². The summed E-state index contributed by atoms with van der Waals surface area (Å²) in [5, 5.41) is 3.68. The van der Waals surface area contributed by atoms with Crippen molar-refractivity contribution >= 4 is 17.5 Å². The summed E-state index contributed by atoms with van der Waals surface area (Å²) < 4.78 is 5.43. The molecule has 3 rings (SSSR count). The Morgan fingerprint density at radius 3 is 2.80 bits per heavy atom. The standard InChI is InChI=1S/C19H22ClN3O2/c1-2-25-16-8-6-13(7-9-16)11-21-19(24)17-12-22-23-18(17)14-4-3-5-15(20)10-14/h3-10,17-18,22-23H,2,11-12H2,1H3,(H,21,24). The summed E-state index contributed by atoms with van der Waals surface area (Å²) in [6.45, 7) is 3.66. The lowest BCUT2D eigenvalue weighted by molar-refractivity contribution is -0.125. The van der Waals surface area contributed by atoms with Crippen molar-refractivity contribution in [2.24, 2.45) is 5.92 Å². The summed E-state index contributed by atoms with van der Waals surface area (Å²) in [6, 6.07) is 15.2. The molecule has 0 aliphatic carbocycles. The van der Waals surface area contributed by atoms with Crippen molar-refractivity contribution in [3.63, 3.8) is 0 Å². The first-order valence-electron chi connectivity index (χ1n) is 8.40. The summed E-state index contributed by atoms with van der Waals surface area (Å²) in [5.41, 5.74) is 8.27. The maximum atomic E-state index is 12.6. The Labute approximate surface area is 152 Å². The van der Waals surface area contributed by atoms with Gasteiger partial charge in [-0.1, -0.05) is 35.9 Å². The largest absolute Gasteiger partial charge is 0.494 e. The van der Waals surface area contributed by atoms with E-state index in [9.17, 15) is 4.79 Å². The number of rotatable bonds is 6. The fourth-order valence-corrected chi connectivity index (χ4v) is 3.15. The normalized spacial score (nSPS) is 19.6. The first-order valence-corrected chi connectivity index (χ1v) is 8.78. The van der Waals surface area contributed by atoms with Crippen LogP contribution in [0.2, 0.25) is 5.02 Å². The van der Waals surface area contributed by atoms with E-state index >= 15 is 0 Å².